The molecule has 8 heteroatoms. The standard InChI is InChI=1S/C11H11BrClF3N2O/c1-6(10(19)17-5-11(14,15)16)18-9-4-7(13)2-3-8(9)12/h2-4,6,18H,5H2,1H3,(H,17,19). The lowest BCUT2D eigenvalue weighted by Crippen LogP contribution is -2.42. The van der Waals surface area contributed by atoms with Crippen molar-refractivity contribution in [2.75, 3.05) is 11.9 Å². The van der Waals surface area contributed by atoms with Gasteiger partial charge in [0.1, 0.15) is 12.6 Å². The van der Waals surface area contributed by atoms with Gasteiger partial charge < -0.3 is 10.6 Å². The molecular formula is C11H11BrClF3N2O. The molecule has 0 aliphatic heterocycles. The first kappa shape index (κ1) is 16.1. The normalized spacial score (nSPS) is 12.9. The average molecular weight is 360 g/mol. The molecule has 0 bridgehead atoms. The quantitative estimate of drug-likeness (QED) is 0.863. The van der Waals surface area contributed by atoms with E-state index in [0.29, 0.717) is 15.2 Å². The van der Waals surface area contributed by atoms with Gasteiger partial charge in [0.15, 0.2) is 0 Å². The summed E-state index contributed by atoms with van der Waals surface area (Å²) in [6.07, 6.45) is -4.42. The molecule has 1 unspecified atom stereocenters. The van der Waals surface area contributed by atoms with E-state index in [1.165, 1.54) is 6.92 Å². The van der Waals surface area contributed by atoms with Gasteiger partial charge in [-0.25, -0.2) is 0 Å². The Morgan fingerprint density at radius 2 is 2.11 bits per heavy atom. The highest BCUT2D eigenvalue weighted by Crippen LogP contribution is 2.26. The second-order valence-corrected chi connectivity index (χ2v) is 5.11. The van der Waals surface area contributed by atoms with E-state index in [9.17, 15) is 18.0 Å². The number of alkyl halides is 3. The number of anilines is 1. The van der Waals surface area contributed by atoms with E-state index in [4.69, 9.17) is 11.6 Å². The molecule has 0 heterocycles. The Hall–Kier alpha value is -0.950. The van der Waals surface area contributed by atoms with Crippen LogP contribution in [0.25, 0.3) is 0 Å². The molecule has 1 aromatic rings. The maximum atomic E-state index is 12.0. The minimum Gasteiger partial charge on any atom is -0.373 e. The summed E-state index contributed by atoms with van der Waals surface area (Å²) in [6, 6.07) is 4.06. The van der Waals surface area contributed by atoms with Gasteiger partial charge >= 0.3 is 6.18 Å². The number of nitrogens with one attached hydrogen (secondary N) is 2. The molecule has 3 nitrogen and oxygen atoms in total. The van der Waals surface area contributed by atoms with Crippen LogP contribution in [0.3, 0.4) is 0 Å². The minimum atomic E-state index is -4.42. The van der Waals surface area contributed by atoms with E-state index >= 15 is 0 Å². The van der Waals surface area contributed by atoms with E-state index in [1.54, 1.807) is 23.5 Å². The van der Waals surface area contributed by atoms with Gasteiger partial charge in [-0.3, -0.25) is 4.79 Å². The summed E-state index contributed by atoms with van der Waals surface area (Å²) in [7, 11) is 0. The molecule has 0 aromatic heterocycles. The lowest BCUT2D eigenvalue weighted by Gasteiger charge is -2.17. The van der Waals surface area contributed by atoms with Crippen molar-refractivity contribution < 1.29 is 18.0 Å². The van der Waals surface area contributed by atoms with Gasteiger partial charge in [0.05, 0.1) is 5.69 Å². The molecule has 0 fully saturated rings. The Morgan fingerprint density at radius 1 is 1.47 bits per heavy atom. The fourth-order valence-electron chi connectivity index (χ4n) is 1.25. The topological polar surface area (TPSA) is 41.1 Å². The summed E-state index contributed by atoms with van der Waals surface area (Å²) < 4.78 is 36.5. The monoisotopic (exact) mass is 358 g/mol. The molecule has 0 radical (unpaired) electrons. The van der Waals surface area contributed by atoms with E-state index in [0.717, 1.165) is 0 Å². The highest BCUT2D eigenvalue weighted by atomic mass is 79.9. The first-order valence-electron chi connectivity index (χ1n) is 5.25. The Morgan fingerprint density at radius 3 is 2.68 bits per heavy atom. The number of carbonyl (C=O) groups excluding carboxylic acids is 1. The molecule has 0 saturated carbocycles. The van der Waals surface area contributed by atoms with Crippen molar-refractivity contribution in [3.63, 3.8) is 0 Å². The van der Waals surface area contributed by atoms with Crippen LogP contribution in [0.15, 0.2) is 22.7 Å². The van der Waals surface area contributed by atoms with Gasteiger partial charge in [0.25, 0.3) is 0 Å². The number of hydrogen-bond donors (Lipinski definition) is 2. The van der Waals surface area contributed by atoms with E-state index < -0.39 is 24.7 Å². The maximum absolute atomic E-state index is 12.0. The van der Waals surface area contributed by atoms with Crippen LogP contribution < -0.4 is 10.6 Å². The molecule has 0 aliphatic rings. The lowest BCUT2D eigenvalue weighted by molar-refractivity contribution is -0.138. The summed E-state index contributed by atoms with van der Waals surface area (Å²) in [5.74, 6) is -0.746. The number of halogens is 5. The fraction of sp³-hybridized carbons (Fsp3) is 0.364. The van der Waals surface area contributed by atoms with Gasteiger partial charge in [-0.15, -0.1) is 0 Å². The van der Waals surface area contributed by atoms with Crippen LogP contribution in [0.5, 0.6) is 0 Å². The zero-order valence-electron chi connectivity index (χ0n) is 9.81. The van der Waals surface area contributed by atoms with Crippen LogP contribution in [-0.4, -0.2) is 24.7 Å². The van der Waals surface area contributed by atoms with Crippen molar-refractivity contribution in [3.8, 4) is 0 Å². The Balaban J connectivity index is 2.61. The molecule has 0 aliphatic carbocycles. The summed E-state index contributed by atoms with van der Waals surface area (Å²) in [6.45, 7) is 0.105. The first-order valence-corrected chi connectivity index (χ1v) is 6.42. The number of hydrogen-bond acceptors (Lipinski definition) is 2. The second-order valence-electron chi connectivity index (χ2n) is 3.82. The molecule has 1 amide bonds. The molecule has 1 rings (SSSR count). The SMILES string of the molecule is CC(Nc1cc(Cl)ccc1Br)C(=O)NCC(F)(F)F. The van der Waals surface area contributed by atoms with Crippen molar-refractivity contribution >= 4 is 39.1 Å². The number of benzene rings is 1. The third kappa shape index (κ3) is 5.69. The molecular weight excluding hydrogens is 348 g/mol. The maximum Gasteiger partial charge on any atom is 0.405 e. The molecule has 0 saturated heterocycles. The largest absolute Gasteiger partial charge is 0.405 e. The predicted octanol–water partition coefficient (Wildman–Crippen LogP) is 3.58. The summed E-state index contributed by atoms with van der Waals surface area (Å²) >= 11 is 9.04. The summed E-state index contributed by atoms with van der Waals surface area (Å²) in [5, 5.41) is 5.03. The van der Waals surface area contributed by atoms with Crippen LogP contribution in [0.1, 0.15) is 6.92 Å². The first-order chi connectivity index (χ1) is 8.69. The minimum absolute atomic E-state index is 0.452. The van der Waals surface area contributed by atoms with E-state index in [2.05, 4.69) is 21.2 Å². The highest BCUT2D eigenvalue weighted by Gasteiger charge is 2.28. The molecule has 19 heavy (non-hydrogen) atoms. The van der Waals surface area contributed by atoms with E-state index in [-0.39, 0.29) is 0 Å². The third-order valence-corrected chi connectivity index (χ3v) is 3.08. The lowest BCUT2D eigenvalue weighted by atomic mass is 10.2. The van der Waals surface area contributed by atoms with Crippen LogP contribution in [0.2, 0.25) is 5.02 Å². The Kier molecular flexibility index (Phi) is 5.49. The molecule has 0 spiro atoms. The highest BCUT2D eigenvalue weighted by molar-refractivity contribution is 9.10. The summed E-state index contributed by atoms with van der Waals surface area (Å²) in [4.78, 5) is 11.5. The van der Waals surface area contributed by atoms with E-state index in [1.807, 2.05) is 0 Å². The van der Waals surface area contributed by atoms with Gasteiger partial charge in [-0.1, -0.05) is 11.6 Å². The van der Waals surface area contributed by atoms with Gasteiger partial charge in [-0.05, 0) is 41.1 Å². The van der Waals surface area contributed by atoms with Gasteiger partial charge in [0.2, 0.25) is 5.91 Å². The predicted molar refractivity (Wildman–Crippen MR) is 71.3 cm³/mol. The zero-order valence-corrected chi connectivity index (χ0v) is 12.2. The van der Waals surface area contributed by atoms with Crippen molar-refractivity contribution in [1.82, 2.24) is 5.32 Å². The van der Waals surface area contributed by atoms with Crippen molar-refractivity contribution in [1.29, 1.82) is 0 Å². The van der Waals surface area contributed by atoms with Gasteiger partial charge in [-0.2, -0.15) is 13.2 Å². The van der Waals surface area contributed by atoms with Crippen molar-refractivity contribution in [2.45, 2.75) is 19.1 Å². The van der Waals surface area contributed by atoms with Crippen LogP contribution >= 0.6 is 27.5 Å². The van der Waals surface area contributed by atoms with Crippen LogP contribution in [0, 0.1) is 0 Å². The van der Waals surface area contributed by atoms with Crippen molar-refractivity contribution in [3.05, 3.63) is 27.7 Å². The third-order valence-electron chi connectivity index (χ3n) is 2.16. The number of amides is 1. The van der Waals surface area contributed by atoms with Crippen molar-refractivity contribution in [2.24, 2.45) is 0 Å². The Bertz CT molecular complexity index is 468. The molecule has 2 N–H and O–H groups in total. The van der Waals surface area contributed by atoms with Gasteiger partial charge in [0, 0.05) is 9.50 Å². The van der Waals surface area contributed by atoms with Crippen LogP contribution in [0.4, 0.5) is 18.9 Å². The smallest absolute Gasteiger partial charge is 0.373 e. The second kappa shape index (κ2) is 6.47. The molecule has 1 atom stereocenters. The Labute approximate surface area is 121 Å². The zero-order chi connectivity index (χ0) is 14.6. The molecule has 1 aromatic carbocycles. The fourth-order valence-corrected chi connectivity index (χ4v) is 1.78. The average Bonchev–Trinajstić information content (AvgIpc) is 2.29. The molecule has 106 valence electrons. The number of rotatable bonds is 4. The summed E-state index contributed by atoms with van der Waals surface area (Å²) in [5.41, 5.74) is 0.530. The van der Waals surface area contributed by atoms with Crippen LogP contribution in [-0.2, 0) is 4.79 Å². The number of carbonyl (C=O) groups is 1.